The highest BCUT2D eigenvalue weighted by atomic mass is 31.2. The number of allylic oxidation sites excluding steroid dienone is 1. The Morgan fingerprint density at radius 3 is 2.14 bits per heavy atom. The van der Waals surface area contributed by atoms with E-state index in [2.05, 4.69) is 21.3 Å². The fourth-order valence-electron chi connectivity index (χ4n) is 7.75. The van der Waals surface area contributed by atoms with Gasteiger partial charge in [0.1, 0.15) is 36.4 Å². The van der Waals surface area contributed by atoms with Crippen LogP contribution < -0.4 is 21.3 Å². The summed E-state index contributed by atoms with van der Waals surface area (Å²) in [5.41, 5.74) is 1.40. The normalized spacial score (nSPS) is 25.8. The number of carbonyl (C=O) groups excluding carboxylic acids is 8. The fraction of sp³-hybridized carbons (Fsp3) is 0.654. The zero-order chi connectivity index (χ0) is 54.5. The molecule has 6 amide bonds. The maximum atomic E-state index is 14.3. The first kappa shape index (κ1) is 62.6. The molecule has 9 atom stereocenters. The van der Waals surface area contributed by atoms with Crippen molar-refractivity contribution in [2.75, 3.05) is 47.1 Å². The van der Waals surface area contributed by atoms with E-state index in [0.29, 0.717) is 37.9 Å². The molecule has 72 heavy (non-hydrogen) atoms. The lowest BCUT2D eigenvalue weighted by atomic mass is 9.90. The number of benzene rings is 1. The van der Waals surface area contributed by atoms with E-state index in [0.717, 1.165) is 10.5 Å². The molecule has 4 N–H and O–H groups in total. The van der Waals surface area contributed by atoms with Gasteiger partial charge in [0.05, 0.1) is 13.2 Å². The number of likely N-dealkylation sites (N-methyl/N-ethyl adjacent to an activating group) is 2. The van der Waals surface area contributed by atoms with Gasteiger partial charge in [0.15, 0.2) is 13.5 Å². The zero-order valence-corrected chi connectivity index (χ0v) is 45.9. The van der Waals surface area contributed by atoms with Gasteiger partial charge in [-0.05, 0) is 83.3 Å². The summed E-state index contributed by atoms with van der Waals surface area (Å²) in [5, 5.41) is 10.8. The number of hydrogen-bond donors (Lipinski definition) is 4. The molecular formula is C52H83N6O13P. The summed E-state index contributed by atoms with van der Waals surface area (Å²) in [6, 6.07) is 4.29. The van der Waals surface area contributed by atoms with Crippen molar-refractivity contribution in [3.05, 3.63) is 59.2 Å². The van der Waals surface area contributed by atoms with Crippen LogP contribution in [-0.4, -0.2) is 147 Å². The largest absolute Gasteiger partial charge is 0.456 e. The predicted molar refractivity (Wildman–Crippen MR) is 275 cm³/mol. The minimum Gasteiger partial charge on any atom is -0.456 e. The van der Waals surface area contributed by atoms with E-state index in [9.17, 15) is 42.9 Å². The van der Waals surface area contributed by atoms with E-state index in [4.69, 9.17) is 18.7 Å². The summed E-state index contributed by atoms with van der Waals surface area (Å²) in [4.78, 5) is 113. The van der Waals surface area contributed by atoms with Gasteiger partial charge in [-0.15, -0.1) is 0 Å². The molecule has 1 aliphatic rings. The first-order chi connectivity index (χ1) is 33.7. The lowest BCUT2D eigenvalue weighted by molar-refractivity contribution is -0.155. The molecule has 1 aromatic carbocycles. The van der Waals surface area contributed by atoms with Crippen LogP contribution >= 0.6 is 7.37 Å². The van der Waals surface area contributed by atoms with Crippen LogP contribution in [0.1, 0.15) is 113 Å². The highest BCUT2D eigenvalue weighted by Gasteiger charge is 2.37. The number of esters is 2. The Morgan fingerprint density at radius 1 is 0.903 bits per heavy atom. The van der Waals surface area contributed by atoms with Gasteiger partial charge in [0.25, 0.3) is 5.91 Å². The number of alkyl carbamates (subject to hydrolysis) is 1. The van der Waals surface area contributed by atoms with Crippen LogP contribution in [0.2, 0.25) is 0 Å². The molecule has 0 saturated carbocycles. The summed E-state index contributed by atoms with van der Waals surface area (Å²) < 4.78 is 35.1. The second kappa shape index (κ2) is 30.5. The molecule has 0 saturated heterocycles. The van der Waals surface area contributed by atoms with E-state index in [1.807, 2.05) is 26.8 Å². The molecule has 1 heterocycles. The third kappa shape index (κ3) is 21.3. The van der Waals surface area contributed by atoms with Crippen molar-refractivity contribution in [1.29, 1.82) is 0 Å². The molecule has 20 heteroatoms. The molecule has 0 aromatic heterocycles. The van der Waals surface area contributed by atoms with Crippen LogP contribution in [0.3, 0.4) is 0 Å². The average Bonchev–Trinajstić information content (AvgIpc) is 3.32. The number of nitrogens with one attached hydrogen (secondary N) is 4. The minimum atomic E-state index is -2.61. The Bertz CT molecular complexity index is 2110. The highest BCUT2D eigenvalue weighted by molar-refractivity contribution is 7.57. The molecule has 1 aliphatic heterocycles. The molecule has 0 bridgehead atoms. The molecular weight excluding hydrogens is 948 g/mol. The molecule has 0 radical (unpaired) electrons. The van der Waals surface area contributed by atoms with Gasteiger partial charge in [-0.2, -0.15) is 0 Å². The summed E-state index contributed by atoms with van der Waals surface area (Å²) in [7, 11) is 0.221. The van der Waals surface area contributed by atoms with Crippen LogP contribution in [-0.2, 0) is 63.3 Å². The standard InChI is InChI=1S/C52H83N6O13P/c1-15-33(5)44-47(61)55-38(10)51(65)71-45(34(6)16-2)36(8)41(70-52(66)53-27-21-18-22-28-68-72(13,14)67)26-25-35(7)50(64)69-42(29-32(3)4)46(60)54-37(9)48(62)58(12)40(30-39-23-19-17-20-24-39)49(63)57(11)31-43(59)56-44/h16-17,19-20,23-25,32-33,36-38,40-42,44-45H,15,18,21-22,26-31H2,1-14H3,(H,53,66)(H,54,60)(H,55,61)(H,56,59)/b34-16+,35-25+/t33?,36-,37-,38+,40+,41-,42+,44-,45?/m0/s1. The lowest BCUT2D eigenvalue weighted by Crippen LogP contribution is -2.57. The number of rotatable bonds is 15. The Kier molecular flexibility index (Phi) is 26.5. The number of carbonyl (C=O) groups is 8. The molecule has 404 valence electrons. The predicted octanol–water partition coefficient (Wildman–Crippen LogP) is 5.70. The summed E-state index contributed by atoms with van der Waals surface area (Å²) in [5.74, 6) is -6.26. The molecule has 19 nitrogen and oxygen atoms in total. The van der Waals surface area contributed by atoms with E-state index in [1.54, 1.807) is 71.4 Å². The quantitative estimate of drug-likeness (QED) is 0.0543. The molecule has 2 unspecified atom stereocenters. The van der Waals surface area contributed by atoms with Crippen molar-refractivity contribution >= 4 is 54.9 Å². The van der Waals surface area contributed by atoms with Gasteiger partial charge < -0.3 is 49.8 Å². The molecule has 1 aromatic rings. The van der Waals surface area contributed by atoms with Gasteiger partial charge in [0.2, 0.25) is 23.6 Å². The maximum absolute atomic E-state index is 14.3. The van der Waals surface area contributed by atoms with Crippen LogP contribution in [0.5, 0.6) is 0 Å². The van der Waals surface area contributed by atoms with Crippen molar-refractivity contribution in [2.45, 2.75) is 157 Å². The summed E-state index contributed by atoms with van der Waals surface area (Å²) >= 11 is 0. The number of unbranched alkanes of at least 4 members (excludes halogenated alkanes) is 2. The van der Waals surface area contributed by atoms with Gasteiger partial charge >= 0.3 is 18.0 Å². The van der Waals surface area contributed by atoms with Gasteiger partial charge in [0, 0.05) is 58.3 Å². The second-order valence-electron chi connectivity index (χ2n) is 19.7. The van der Waals surface area contributed by atoms with Crippen molar-refractivity contribution in [3.8, 4) is 0 Å². The van der Waals surface area contributed by atoms with Crippen molar-refractivity contribution in [1.82, 2.24) is 31.1 Å². The Morgan fingerprint density at radius 2 is 1.54 bits per heavy atom. The number of cyclic esters (lactones) is 2. The first-order valence-corrected chi connectivity index (χ1v) is 27.5. The van der Waals surface area contributed by atoms with E-state index in [-0.39, 0.29) is 37.3 Å². The van der Waals surface area contributed by atoms with Crippen LogP contribution in [0, 0.1) is 17.8 Å². The van der Waals surface area contributed by atoms with Gasteiger partial charge in [-0.3, -0.25) is 28.5 Å². The fourth-order valence-corrected chi connectivity index (χ4v) is 8.32. The second-order valence-corrected chi connectivity index (χ2v) is 22.4. The van der Waals surface area contributed by atoms with E-state index < -0.39 is 116 Å². The third-order valence-electron chi connectivity index (χ3n) is 12.6. The SMILES string of the molecule is C/C=C(\C)C1OC(=O)[C@@H](C)NC(=O)[C@H](C(C)CC)NC(=O)CN(C)C(=O)[C@@H](Cc2ccccc2)N(C)C(=O)[C@H](C)NC(=O)[C@@H](CC(C)C)OC(=O)/C(C)=C/C[C@H](OC(=O)NCCCCCOP(C)(C)=O)[C@@H]1C. The van der Waals surface area contributed by atoms with Crippen LogP contribution in [0.25, 0.3) is 0 Å². The average molecular weight is 1030 g/mol. The maximum Gasteiger partial charge on any atom is 0.407 e. The van der Waals surface area contributed by atoms with Crippen molar-refractivity contribution in [3.63, 3.8) is 0 Å². The van der Waals surface area contributed by atoms with Gasteiger partial charge in [-0.25, -0.2) is 14.4 Å². The first-order valence-electron chi connectivity index (χ1n) is 25.0. The molecule has 0 fully saturated rings. The Hall–Kier alpha value is -5.55. The zero-order valence-electron chi connectivity index (χ0n) is 45.0. The number of nitrogens with zero attached hydrogens (tertiary/aromatic N) is 2. The summed E-state index contributed by atoms with van der Waals surface area (Å²) in [6.07, 6.45) is 1.57. The minimum absolute atomic E-state index is 0.0598. The summed E-state index contributed by atoms with van der Waals surface area (Å²) in [6.45, 7) is 20.0. The van der Waals surface area contributed by atoms with Crippen molar-refractivity contribution in [2.24, 2.45) is 17.8 Å². The number of ether oxygens (including phenoxy) is 3. The highest BCUT2D eigenvalue weighted by Crippen LogP contribution is 2.37. The number of hydrogen-bond acceptors (Lipinski definition) is 13. The van der Waals surface area contributed by atoms with Crippen molar-refractivity contribution < 1.29 is 61.7 Å². The van der Waals surface area contributed by atoms with Crippen LogP contribution in [0.4, 0.5) is 4.79 Å². The smallest absolute Gasteiger partial charge is 0.407 e. The lowest BCUT2D eigenvalue weighted by Gasteiger charge is -2.33. The van der Waals surface area contributed by atoms with E-state index in [1.165, 1.54) is 45.8 Å². The number of amides is 6. The topological polar surface area (TPSA) is 245 Å². The Labute approximate surface area is 427 Å². The third-order valence-corrected chi connectivity index (χ3v) is 13.4. The van der Waals surface area contributed by atoms with E-state index >= 15 is 0 Å². The Balaban J connectivity index is 2.65. The van der Waals surface area contributed by atoms with Gasteiger partial charge in [-0.1, -0.05) is 83.5 Å². The monoisotopic (exact) mass is 1030 g/mol. The van der Waals surface area contributed by atoms with Crippen LogP contribution in [0.15, 0.2) is 53.6 Å². The molecule has 2 rings (SSSR count). The molecule has 0 spiro atoms. The molecule has 0 aliphatic carbocycles.